The van der Waals surface area contributed by atoms with Crippen molar-refractivity contribution in [2.24, 2.45) is 5.92 Å². The highest BCUT2D eigenvalue weighted by Gasteiger charge is 2.22. The molecule has 0 aliphatic heterocycles. The summed E-state index contributed by atoms with van der Waals surface area (Å²) in [5, 5.41) is 10.6. The summed E-state index contributed by atoms with van der Waals surface area (Å²) >= 11 is 0. The lowest BCUT2D eigenvalue weighted by molar-refractivity contribution is -0.147. The first-order valence-electron chi connectivity index (χ1n) is 10.2. The van der Waals surface area contributed by atoms with E-state index in [0.29, 0.717) is 26.2 Å². The highest BCUT2D eigenvalue weighted by Crippen LogP contribution is 2.11. The summed E-state index contributed by atoms with van der Waals surface area (Å²) < 4.78 is 17.6. The smallest absolute Gasteiger partial charge is 0.311 e. The largest absolute Gasteiger partial charge is 0.466 e. The van der Waals surface area contributed by atoms with Crippen LogP contribution >= 0.6 is 0 Å². The second kappa shape index (κ2) is 12.7. The molecule has 0 radical (unpaired) electrons. The average Bonchev–Trinajstić information content (AvgIpc) is 3.21. The summed E-state index contributed by atoms with van der Waals surface area (Å²) in [6.07, 6.45) is 1.53. The minimum atomic E-state index is -0.494. The van der Waals surface area contributed by atoms with E-state index in [4.69, 9.17) is 14.2 Å². The molecule has 30 heavy (non-hydrogen) atoms. The van der Waals surface area contributed by atoms with E-state index in [1.807, 2.05) is 44.2 Å². The number of nitrogens with one attached hydrogen (secondary N) is 1. The van der Waals surface area contributed by atoms with E-state index in [9.17, 15) is 9.59 Å². The Morgan fingerprint density at radius 3 is 2.40 bits per heavy atom. The monoisotopic (exact) mass is 418 g/mol. The summed E-state index contributed by atoms with van der Waals surface area (Å²) in [7, 11) is 0. The van der Waals surface area contributed by atoms with Gasteiger partial charge in [-0.2, -0.15) is 0 Å². The predicted octanol–water partition coefficient (Wildman–Crippen LogP) is 1.83. The molecule has 1 amide bonds. The van der Waals surface area contributed by atoms with E-state index in [1.165, 1.54) is 10.9 Å². The van der Waals surface area contributed by atoms with Crippen LogP contribution in [-0.4, -0.2) is 59.5 Å². The van der Waals surface area contributed by atoms with Gasteiger partial charge in [-0.15, -0.1) is 5.10 Å². The molecule has 0 saturated carbocycles. The maximum absolute atomic E-state index is 12.5. The van der Waals surface area contributed by atoms with Crippen LogP contribution in [0.3, 0.4) is 0 Å². The van der Waals surface area contributed by atoms with Gasteiger partial charge in [0.2, 0.25) is 0 Å². The molecule has 164 valence electrons. The Hall–Kier alpha value is -2.78. The van der Waals surface area contributed by atoms with Crippen molar-refractivity contribution >= 4 is 11.9 Å². The lowest BCUT2D eigenvalue weighted by Gasteiger charge is -2.16. The zero-order valence-electron chi connectivity index (χ0n) is 17.7. The first-order valence-corrected chi connectivity index (χ1v) is 10.2. The Morgan fingerprint density at radius 2 is 1.77 bits per heavy atom. The molecular weight excluding hydrogens is 388 g/mol. The number of ether oxygens (including phenoxy) is 3. The van der Waals surface area contributed by atoms with Crippen molar-refractivity contribution in [3.05, 3.63) is 47.8 Å². The van der Waals surface area contributed by atoms with Crippen LogP contribution in [0, 0.1) is 5.92 Å². The van der Waals surface area contributed by atoms with Gasteiger partial charge in [0.05, 0.1) is 25.3 Å². The molecule has 0 bridgehead atoms. The maximum Gasteiger partial charge on any atom is 0.311 e. The molecular formula is C21H30N4O5. The molecule has 2 rings (SSSR count). The summed E-state index contributed by atoms with van der Waals surface area (Å²) in [4.78, 5) is 24.8. The van der Waals surface area contributed by atoms with Crippen molar-refractivity contribution in [3.8, 4) is 0 Å². The lowest BCUT2D eigenvalue weighted by Crippen LogP contribution is -2.35. The quantitative estimate of drug-likeness (QED) is 0.391. The number of carbonyl (C=O) groups is 2. The van der Waals surface area contributed by atoms with Crippen LogP contribution in [0.1, 0.15) is 36.8 Å². The number of nitrogens with zero attached hydrogens (tertiary/aromatic N) is 3. The Bertz CT molecular complexity index is 775. The Morgan fingerprint density at radius 1 is 1.07 bits per heavy atom. The topological polar surface area (TPSA) is 105 Å². The molecule has 0 saturated heterocycles. The van der Waals surface area contributed by atoms with Crippen molar-refractivity contribution in [1.82, 2.24) is 20.3 Å². The molecule has 9 nitrogen and oxygen atoms in total. The molecule has 0 spiro atoms. The van der Waals surface area contributed by atoms with Gasteiger partial charge in [-0.05, 0) is 32.8 Å². The molecule has 1 N–H and O–H groups in total. The number of carbonyl (C=O) groups excluding carboxylic acids is 2. The highest BCUT2D eigenvalue weighted by atomic mass is 16.7. The first kappa shape index (κ1) is 23.5. The van der Waals surface area contributed by atoms with Crippen molar-refractivity contribution in [3.63, 3.8) is 0 Å². The lowest BCUT2D eigenvalue weighted by atomic mass is 9.99. The molecule has 1 unspecified atom stereocenters. The van der Waals surface area contributed by atoms with Crippen molar-refractivity contribution in [1.29, 1.82) is 0 Å². The minimum Gasteiger partial charge on any atom is -0.466 e. The van der Waals surface area contributed by atoms with Crippen LogP contribution < -0.4 is 5.32 Å². The third-order valence-electron chi connectivity index (χ3n) is 4.27. The Labute approximate surface area is 176 Å². The first-order chi connectivity index (χ1) is 14.6. The molecule has 1 aromatic carbocycles. The summed E-state index contributed by atoms with van der Waals surface area (Å²) in [6.45, 7) is 7.26. The van der Waals surface area contributed by atoms with Crippen LogP contribution in [0.4, 0.5) is 0 Å². The predicted molar refractivity (Wildman–Crippen MR) is 110 cm³/mol. The van der Waals surface area contributed by atoms with Gasteiger partial charge in [0.25, 0.3) is 5.91 Å². The second-order valence-electron chi connectivity index (χ2n) is 6.51. The molecule has 1 heterocycles. The Balaban J connectivity index is 1.96. The number of hydrogen-bond donors (Lipinski definition) is 1. The van der Waals surface area contributed by atoms with Gasteiger partial charge in [0.1, 0.15) is 0 Å². The number of amides is 1. The van der Waals surface area contributed by atoms with E-state index in [2.05, 4.69) is 15.6 Å². The Kier molecular flexibility index (Phi) is 9.96. The van der Waals surface area contributed by atoms with Crippen LogP contribution in [0.5, 0.6) is 0 Å². The molecule has 1 atom stereocenters. The molecule has 0 fully saturated rings. The fourth-order valence-electron chi connectivity index (χ4n) is 2.87. The fourth-order valence-corrected chi connectivity index (χ4v) is 2.87. The van der Waals surface area contributed by atoms with Gasteiger partial charge in [0, 0.05) is 19.8 Å². The SMILES string of the molecule is CCOC(=O)C(CNC(=O)c1cn(CC(OCC)OCC)nn1)Cc1ccccc1. The van der Waals surface area contributed by atoms with Gasteiger partial charge >= 0.3 is 5.97 Å². The van der Waals surface area contributed by atoms with E-state index in [0.717, 1.165) is 5.56 Å². The number of benzene rings is 1. The van der Waals surface area contributed by atoms with Gasteiger partial charge < -0.3 is 19.5 Å². The molecule has 0 aliphatic rings. The normalized spacial score (nSPS) is 12.0. The van der Waals surface area contributed by atoms with Crippen molar-refractivity contribution in [2.75, 3.05) is 26.4 Å². The molecule has 1 aromatic heterocycles. The van der Waals surface area contributed by atoms with Crippen molar-refractivity contribution < 1.29 is 23.8 Å². The van der Waals surface area contributed by atoms with Crippen LogP contribution in [0.25, 0.3) is 0 Å². The van der Waals surface area contributed by atoms with Gasteiger partial charge in [-0.3, -0.25) is 9.59 Å². The van der Waals surface area contributed by atoms with E-state index in [1.54, 1.807) is 6.92 Å². The zero-order valence-corrected chi connectivity index (χ0v) is 17.7. The maximum atomic E-state index is 12.5. The standard InChI is InChI=1S/C21H30N4O5/c1-4-28-19(29-5-2)15-25-14-18(23-24-25)20(26)22-13-17(21(27)30-6-3)12-16-10-8-7-9-11-16/h7-11,14,17,19H,4-6,12-13,15H2,1-3H3,(H,22,26). The van der Waals surface area contributed by atoms with E-state index in [-0.39, 0.29) is 24.8 Å². The van der Waals surface area contributed by atoms with Gasteiger partial charge in [-0.25, -0.2) is 4.68 Å². The fraction of sp³-hybridized carbons (Fsp3) is 0.524. The number of hydrogen-bond acceptors (Lipinski definition) is 7. The molecule has 9 heteroatoms. The third kappa shape index (κ3) is 7.57. The summed E-state index contributed by atoms with van der Waals surface area (Å²) in [5.41, 5.74) is 1.15. The van der Waals surface area contributed by atoms with Crippen molar-refractivity contribution in [2.45, 2.75) is 40.0 Å². The summed E-state index contributed by atoms with van der Waals surface area (Å²) in [6, 6.07) is 9.60. The zero-order chi connectivity index (χ0) is 21.8. The number of aromatic nitrogens is 3. The van der Waals surface area contributed by atoms with E-state index >= 15 is 0 Å². The number of rotatable bonds is 13. The molecule has 2 aromatic rings. The third-order valence-corrected chi connectivity index (χ3v) is 4.27. The van der Waals surface area contributed by atoms with Crippen LogP contribution in [0.2, 0.25) is 0 Å². The molecule has 0 aliphatic carbocycles. The highest BCUT2D eigenvalue weighted by molar-refractivity contribution is 5.92. The summed E-state index contributed by atoms with van der Waals surface area (Å²) in [5.74, 6) is -1.25. The number of esters is 1. The van der Waals surface area contributed by atoms with Gasteiger partial charge in [0.15, 0.2) is 12.0 Å². The van der Waals surface area contributed by atoms with E-state index < -0.39 is 18.1 Å². The van der Waals surface area contributed by atoms with Crippen LogP contribution in [-0.2, 0) is 32.0 Å². The van der Waals surface area contributed by atoms with Gasteiger partial charge in [-0.1, -0.05) is 35.5 Å². The second-order valence-corrected chi connectivity index (χ2v) is 6.51. The minimum absolute atomic E-state index is 0.139. The average molecular weight is 418 g/mol. The van der Waals surface area contributed by atoms with Crippen LogP contribution in [0.15, 0.2) is 36.5 Å².